The molecule has 0 bridgehead atoms. The molecule has 0 N–H and O–H groups in total. The summed E-state index contributed by atoms with van der Waals surface area (Å²) in [5.41, 5.74) is 0. The van der Waals surface area contributed by atoms with E-state index in [2.05, 4.69) is 106 Å². The second-order valence-electron chi connectivity index (χ2n) is 21.3. The molecule has 1 atom stereocenters. The number of unbranched alkanes of at least 4 members (excludes halogenated alkanes) is 33. The summed E-state index contributed by atoms with van der Waals surface area (Å²) in [5.74, 6) is -0.883. The Balaban J connectivity index is 4.31. The van der Waals surface area contributed by atoms with Gasteiger partial charge in [0.15, 0.2) is 6.10 Å². The van der Waals surface area contributed by atoms with Gasteiger partial charge in [-0.25, -0.2) is 0 Å². The van der Waals surface area contributed by atoms with Crippen LogP contribution in [-0.2, 0) is 28.6 Å². The maximum Gasteiger partial charge on any atom is 0.306 e. The Morgan fingerprint density at radius 3 is 0.853 bits per heavy atom. The van der Waals surface area contributed by atoms with Gasteiger partial charge in [0, 0.05) is 19.3 Å². The van der Waals surface area contributed by atoms with Crippen LogP contribution in [0.25, 0.3) is 0 Å². The van der Waals surface area contributed by atoms with E-state index in [9.17, 15) is 14.4 Å². The summed E-state index contributed by atoms with van der Waals surface area (Å²) in [7, 11) is 0. The SMILES string of the molecule is CC/C=C\C/C=C\C/C=C\C/C=C\CCCCCCCCCCCCCCC(=O)OCC(COC(=O)CCCCCCC/C=C\CCCCCC)OC(=O)CCCCCCCCCCC/C=C\C/C=C\CCCCC. The number of allylic oxidation sites excluding steroid dienone is 14. The topological polar surface area (TPSA) is 78.9 Å². The fraction of sp³-hybridized carbons (Fsp3) is 0.754. The summed E-state index contributed by atoms with van der Waals surface area (Å²) in [6.45, 7) is 6.51. The molecule has 432 valence electrons. The lowest BCUT2D eigenvalue weighted by Gasteiger charge is -2.18. The molecule has 0 saturated carbocycles. The molecule has 0 aromatic heterocycles. The van der Waals surface area contributed by atoms with Crippen LogP contribution in [-0.4, -0.2) is 37.2 Å². The van der Waals surface area contributed by atoms with Crippen LogP contribution in [0, 0.1) is 0 Å². The average Bonchev–Trinajstić information content (AvgIpc) is 3.41. The molecule has 0 amide bonds. The Bertz CT molecular complexity index is 1430. The van der Waals surface area contributed by atoms with E-state index in [0.29, 0.717) is 19.3 Å². The monoisotopic (exact) mass is 1040 g/mol. The van der Waals surface area contributed by atoms with Crippen LogP contribution in [0.5, 0.6) is 0 Å². The summed E-state index contributed by atoms with van der Waals surface area (Å²) in [6, 6.07) is 0. The molecule has 0 aliphatic rings. The third-order valence-electron chi connectivity index (χ3n) is 13.9. The van der Waals surface area contributed by atoms with Gasteiger partial charge in [-0.1, -0.05) is 266 Å². The van der Waals surface area contributed by atoms with Crippen LogP contribution in [0.15, 0.2) is 85.1 Å². The summed E-state index contributed by atoms with van der Waals surface area (Å²) in [4.78, 5) is 38.3. The third-order valence-corrected chi connectivity index (χ3v) is 13.9. The summed E-state index contributed by atoms with van der Waals surface area (Å²) in [5, 5.41) is 0. The first-order valence-electron chi connectivity index (χ1n) is 32.1. The molecule has 0 radical (unpaired) electrons. The van der Waals surface area contributed by atoms with Crippen LogP contribution in [0.1, 0.15) is 316 Å². The van der Waals surface area contributed by atoms with Gasteiger partial charge in [0.25, 0.3) is 0 Å². The number of carbonyl (C=O) groups is 3. The highest BCUT2D eigenvalue weighted by molar-refractivity contribution is 5.71. The van der Waals surface area contributed by atoms with E-state index in [4.69, 9.17) is 14.2 Å². The van der Waals surface area contributed by atoms with Gasteiger partial charge in [0.05, 0.1) is 0 Å². The van der Waals surface area contributed by atoms with Crippen LogP contribution in [0.4, 0.5) is 0 Å². The van der Waals surface area contributed by atoms with Crippen molar-refractivity contribution in [2.75, 3.05) is 13.2 Å². The molecule has 0 aromatic carbocycles. The van der Waals surface area contributed by atoms with E-state index in [0.717, 1.165) is 96.3 Å². The Morgan fingerprint density at radius 2 is 0.520 bits per heavy atom. The third kappa shape index (κ3) is 61.3. The van der Waals surface area contributed by atoms with E-state index in [1.165, 1.54) is 180 Å². The van der Waals surface area contributed by atoms with Gasteiger partial charge in [0.2, 0.25) is 0 Å². The zero-order valence-electron chi connectivity index (χ0n) is 49.6. The van der Waals surface area contributed by atoms with Crippen molar-refractivity contribution in [3.63, 3.8) is 0 Å². The molecule has 0 aliphatic heterocycles. The zero-order chi connectivity index (χ0) is 54.3. The van der Waals surface area contributed by atoms with Crippen molar-refractivity contribution in [3.05, 3.63) is 85.1 Å². The lowest BCUT2D eigenvalue weighted by molar-refractivity contribution is -0.167. The first kappa shape index (κ1) is 71.6. The zero-order valence-corrected chi connectivity index (χ0v) is 49.6. The molecule has 0 spiro atoms. The summed E-state index contributed by atoms with van der Waals surface area (Å²) >= 11 is 0. The number of carbonyl (C=O) groups excluding carboxylic acids is 3. The van der Waals surface area contributed by atoms with E-state index in [-0.39, 0.29) is 31.1 Å². The van der Waals surface area contributed by atoms with Crippen molar-refractivity contribution in [1.82, 2.24) is 0 Å². The van der Waals surface area contributed by atoms with E-state index >= 15 is 0 Å². The molecule has 0 aliphatic carbocycles. The number of esters is 3. The molecule has 6 heteroatoms. The fourth-order valence-corrected chi connectivity index (χ4v) is 9.05. The smallest absolute Gasteiger partial charge is 0.306 e. The molecule has 6 nitrogen and oxygen atoms in total. The van der Waals surface area contributed by atoms with E-state index in [1.54, 1.807) is 0 Å². The minimum Gasteiger partial charge on any atom is -0.462 e. The largest absolute Gasteiger partial charge is 0.462 e. The molecule has 0 saturated heterocycles. The van der Waals surface area contributed by atoms with Gasteiger partial charge in [-0.15, -0.1) is 0 Å². The van der Waals surface area contributed by atoms with E-state index < -0.39 is 6.10 Å². The number of hydrogen-bond acceptors (Lipinski definition) is 6. The fourth-order valence-electron chi connectivity index (χ4n) is 9.05. The lowest BCUT2D eigenvalue weighted by atomic mass is 10.0. The van der Waals surface area contributed by atoms with Gasteiger partial charge in [-0.05, 0) is 116 Å². The number of rotatable bonds is 58. The number of ether oxygens (including phenoxy) is 3. The normalized spacial score (nSPS) is 12.6. The Kier molecular flexibility index (Phi) is 60.3. The standard InChI is InChI=1S/C69H120O6/c1-4-7-10-13-16-19-22-25-27-29-31-32-33-34-35-36-38-39-41-44-47-50-53-56-59-62-68(71)74-65-66(64-73-67(70)61-58-55-52-49-46-43-24-21-18-15-12-9-6-3)75-69(72)63-60-57-54-51-48-45-42-40-37-30-28-26-23-20-17-14-11-8-5-2/h7,10,16-17,19-21,24-28,31-32,66H,4-6,8-9,11-15,18,22-23,29-30,33-65H2,1-3H3/b10-7-,19-16-,20-17-,24-21-,27-25-,28-26-,32-31-. The molecule has 0 fully saturated rings. The van der Waals surface area contributed by atoms with Crippen molar-refractivity contribution in [2.24, 2.45) is 0 Å². The molecular weight excluding hydrogens is 925 g/mol. The van der Waals surface area contributed by atoms with Gasteiger partial charge in [-0.3, -0.25) is 14.4 Å². The van der Waals surface area contributed by atoms with Gasteiger partial charge in [0.1, 0.15) is 13.2 Å². The number of hydrogen-bond donors (Lipinski definition) is 0. The molecular formula is C69H120O6. The van der Waals surface area contributed by atoms with Crippen LogP contribution in [0.2, 0.25) is 0 Å². The highest BCUT2D eigenvalue weighted by Gasteiger charge is 2.19. The lowest BCUT2D eigenvalue weighted by Crippen LogP contribution is -2.30. The molecule has 1 unspecified atom stereocenters. The average molecular weight is 1050 g/mol. The Hall–Kier alpha value is -3.41. The van der Waals surface area contributed by atoms with Crippen molar-refractivity contribution >= 4 is 17.9 Å². The highest BCUT2D eigenvalue weighted by atomic mass is 16.6. The van der Waals surface area contributed by atoms with E-state index in [1.807, 2.05) is 0 Å². The molecule has 0 heterocycles. The maximum atomic E-state index is 12.9. The van der Waals surface area contributed by atoms with Crippen molar-refractivity contribution in [2.45, 2.75) is 322 Å². The summed E-state index contributed by atoms with van der Waals surface area (Å²) in [6.07, 6.45) is 83.0. The molecule has 0 aromatic rings. The van der Waals surface area contributed by atoms with Crippen molar-refractivity contribution in [3.8, 4) is 0 Å². The second-order valence-corrected chi connectivity index (χ2v) is 21.3. The Morgan fingerprint density at radius 1 is 0.280 bits per heavy atom. The maximum absolute atomic E-state index is 12.9. The highest BCUT2D eigenvalue weighted by Crippen LogP contribution is 2.16. The quantitative estimate of drug-likeness (QED) is 0.0261. The van der Waals surface area contributed by atoms with Crippen molar-refractivity contribution in [1.29, 1.82) is 0 Å². The predicted molar refractivity (Wildman–Crippen MR) is 325 cm³/mol. The predicted octanol–water partition coefficient (Wildman–Crippen LogP) is 21.9. The Labute approximate surface area is 465 Å². The van der Waals surface area contributed by atoms with Gasteiger partial charge < -0.3 is 14.2 Å². The van der Waals surface area contributed by atoms with Crippen LogP contribution < -0.4 is 0 Å². The minimum absolute atomic E-state index is 0.0802. The second kappa shape index (κ2) is 63.1. The van der Waals surface area contributed by atoms with Gasteiger partial charge in [-0.2, -0.15) is 0 Å². The first-order valence-corrected chi connectivity index (χ1v) is 32.1. The van der Waals surface area contributed by atoms with Crippen LogP contribution >= 0.6 is 0 Å². The molecule has 75 heavy (non-hydrogen) atoms. The first-order chi connectivity index (χ1) is 37.0. The van der Waals surface area contributed by atoms with Crippen molar-refractivity contribution < 1.29 is 28.6 Å². The summed E-state index contributed by atoms with van der Waals surface area (Å²) < 4.78 is 16.9. The molecule has 0 rings (SSSR count). The minimum atomic E-state index is -0.783. The van der Waals surface area contributed by atoms with Crippen LogP contribution in [0.3, 0.4) is 0 Å². The van der Waals surface area contributed by atoms with Gasteiger partial charge >= 0.3 is 17.9 Å².